The fraction of sp³-hybridized carbons (Fsp3) is 1.00. The lowest BCUT2D eigenvalue weighted by Crippen LogP contribution is -2.49. The first kappa shape index (κ1) is 12.3. The second-order valence-corrected chi connectivity index (χ2v) is 5.85. The second kappa shape index (κ2) is 5.38. The van der Waals surface area contributed by atoms with E-state index in [-0.39, 0.29) is 5.54 Å². The highest BCUT2D eigenvalue weighted by Gasteiger charge is 2.26. The van der Waals surface area contributed by atoms with Gasteiger partial charge in [-0.25, -0.2) is 0 Å². The molecule has 0 amide bonds. The Kier molecular flexibility index (Phi) is 4.74. The maximum absolute atomic E-state index is 3.60. The first-order valence-electron chi connectivity index (χ1n) is 5.53. The second-order valence-electron chi connectivity index (χ2n) is 4.94. The quantitative estimate of drug-likeness (QED) is 0.774. The standard InChI is InChI=1S/C11H24N2S/c1-10(8-14-4)13-7-5-6-12-11(2,3)9-13/h10,12H,5-9H2,1-4H3. The molecule has 0 bridgehead atoms. The smallest absolute Gasteiger partial charge is 0.0252 e. The predicted molar refractivity (Wildman–Crippen MR) is 66.1 cm³/mol. The van der Waals surface area contributed by atoms with E-state index in [2.05, 4.69) is 37.2 Å². The fourth-order valence-corrected chi connectivity index (χ4v) is 2.77. The topological polar surface area (TPSA) is 15.3 Å². The van der Waals surface area contributed by atoms with Gasteiger partial charge in [-0.05, 0) is 46.5 Å². The third kappa shape index (κ3) is 3.79. The molecule has 84 valence electrons. The monoisotopic (exact) mass is 216 g/mol. The Morgan fingerprint density at radius 2 is 2.21 bits per heavy atom. The van der Waals surface area contributed by atoms with E-state index >= 15 is 0 Å². The molecule has 1 atom stereocenters. The summed E-state index contributed by atoms with van der Waals surface area (Å²) in [4.78, 5) is 2.62. The van der Waals surface area contributed by atoms with Gasteiger partial charge in [-0.1, -0.05) is 0 Å². The van der Waals surface area contributed by atoms with Gasteiger partial charge >= 0.3 is 0 Å². The third-order valence-corrected chi connectivity index (χ3v) is 3.67. The molecule has 3 heteroatoms. The minimum absolute atomic E-state index is 0.281. The number of nitrogens with one attached hydrogen (secondary N) is 1. The van der Waals surface area contributed by atoms with Crippen LogP contribution in [0.3, 0.4) is 0 Å². The van der Waals surface area contributed by atoms with Crippen LogP contribution in [0.15, 0.2) is 0 Å². The highest BCUT2D eigenvalue weighted by molar-refractivity contribution is 7.98. The van der Waals surface area contributed by atoms with Crippen LogP contribution in [-0.2, 0) is 0 Å². The largest absolute Gasteiger partial charge is 0.310 e. The van der Waals surface area contributed by atoms with Crippen LogP contribution < -0.4 is 5.32 Å². The Balaban J connectivity index is 2.50. The van der Waals surface area contributed by atoms with Gasteiger partial charge in [0.25, 0.3) is 0 Å². The maximum Gasteiger partial charge on any atom is 0.0252 e. The summed E-state index contributed by atoms with van der Waals surface area (Å²) in [6.07, 6.45) is 3.47. The van der Waals surface area contributed by atoms with Gasteiger partial charge in [-0.2, -0.15) is 11.8 Å². The Labute approximate surface area is 92.8 Å². The molecule has 0 saturated carbocycles. The molecular weight excluding hydrogens is 192 g/mol. The molecule has 2 nitrogen and oxygen atoms in total. The molecule has 1 saturated heterocycles. The van der Waals surface area contributed by atoms with Crippen molar-refractivity contribution in [1.29, 1.82) is 0 Å². The molecule has 0 aliphatic carbocycles. The van der Waals surface area contributed by atoms with Crippen molar-refractivity contribution in [1.82, 2.24) is 10.2 Å². The Morgan fingerprint density at radius 1 is 1.50 bits per heavy atom. The van der Waals surface area contributed by atoms with Crippen molar-refractivity contribution in [3.05, 3.63) is 0 Å². The van der Waals surface area contributed by atoms with Crippen LogP contribution in [0.2, 0.25) is 0 Å². The average molecular weight is 216 g/mol. The van der Waals surface area contributed by atoms with Gasteiger partial charge in [0, 0.05) is 23.9 Å². The summed E-state index contributed by atoms with van der Waals surface area (Å²) in [5.41, 5.74) is 0.281. The van der Waals surface area contributed by atoms with E-state index in [4.69, 9.17) is 0 Å². The molecule has 1 aliphatic rings. The van der Waals surface area contributed by atoms with Crippen LogP contribution in [0.5, 0.6) is 0 Å². The van der Waals surface area contributed by atoms with E-state index in [9.17, 15) is 0 Å². The highest BCUT2D eigenvalue weighted by atomic mass is 32.2. The summed E-state index contributed by atoms with van der Waals surface area (Å²) in [5, 5.41) is 3.60. The molecule has 0 aromatic rings. The highest BCUT2D eigenvalue weighted by Crippen LogP contribution is 2.14. The maximum atomic E-state index is 3.60. The van der Waals surface area contributed by atoms with Crippen molar-refractivity contribution < 1.29 is 0 Å². The summed E-state index contributed by atoms with van der Waals surface area (Å²) in [7, 11) is 0. The number of rotatable bonds is 3. The summed E-state index contributed by atoms with van der Waals surface area (Å²) in [6.45, 7) is 10.5. The molecule has 0 spiro atoms. The molecule has 0 radical (unpaired) electrons. The first-order valence-corrected chi connectivity index (χ1v) is 6.92. The van der Waals surface area contributed by atoms with Gasteiger partial charge in [0.05, 0.1) is 0 Å². The van der Waals surface area contributed by atoms with E-state index in [1.165, 1.54) is 25.3 Å². The van der Waals surface area contributed by atoms with Gasteiger partial charge in [0.1, 0.15) is 0 Å². The minimum atomic E-state index is 0.281. The number of hydrogen-bond acceptors (Lipinski definition) is 3. The van der Waals surface area contributed by atoms with Crippen molar-refractivity contribution >= 4 is 11.8 Å². The van der Waals surface area contributed by atoms with Crippen LogP contribution >= 0.6 is 11.8 Å². The van der Waals surface area contributed by atoms with E-state index in [0.29, 0.717) is 6.04 Å². The van der Waals surface area contributed by atoms with Gasteiger partial charge in [0.15, 0.2) is 0 Å². The predicted octanol–water partition coefficient (Wildman–Crippen LogP) is 1.81. The zero-order valence-electron chi connectivity index (χ0n) is 9.97. The number of thioether (sulfide) groups is 1. The van der Waals surface area contributed by atoms with E-state index in [1.54, 1.807) is 0 Å². The summed E-state index contributed by atoms with van der Waals surface area (Å²) >= 11 is 1.95. The van der Waals surface area contributed by atoms with E-state index in [0.717, 1.165) is 6.54 Å². The van der Waals surface area contributed by atoms with Gasteiger partial charge in [-0.15, -0.1) is 0 Å². The number of nitrogens with zero attached hydrogens (tertiary/aromatic N) is 1. The van der Waals surface area contributed by atoms with Crippen molar-refractivity contribution in [3.63, 3.8) is 0 Å². The SMILES string of the molecule is CSCC(C)N1CCCNC(C)(C)C1. The van der Waals surface area contributed by atoms with Gasteiger partial charge in [0.2, 0.25) is 0 Å². The molecule has 14 heavy (non-hydrogen) atoms. The first-order chi connectivity index (χ1) is 6.55. The summed E-state index contributed by atoms with van der Waals surface area (Å²) in [5.74, 6) is 1.25. The number of hydrogen-bond donors (Lipinski definition) is 1. The molecule has 1 aliphatic heterocycles. The molecule has 0 aromatic heterocycles. The van der Waals surface area contributed by atoms with Crippen LogP contribution in [0.1, 0.15) is 27.2 Å². The van der Waals surface area contributed by atoms with Crippen LogP contribution in [-0.4, -0.2) is 48.1 Å². The van der Waals surface area contributed by atoms with Crippen molar-refractivity contribution in [2.24, 2.45) is 0 Å². The van der Waals surface area contributed by atoms with Crippen LogP contribution in [0.4, 0.5) is 0 Å². The van der Waals surface area contributed by atoms with Gasteiger partial charge < -0.3 is 5.32 Å². The average Bonchev–Trinajstić information content (AvgIpc) is 2.27. The minimum Gasteiger partial charge on any atom is -0.310 e. The van der Waals surface area contributed by atoms with Crippen LogP contribution in [0.25, 0.3) is 0 Å². The fourth-order valence-electron chi connectivity index (χ4n) is 2.07. The molecular formula is C11H24N2S. The van der Waals surface area contributed by atoms with Gasteiger partial charge in [-0.3, -0.25) is 4.90 Å². The Bertz CT molecular complexity index is 171. The molecule has 1 rings (SSSR count). The Morgan fingerprint density at radius 3 is 2.86 bits per heavy atom. The molecule has 1 unspecified atom stereocenters. The molecule has 1 N–H and O–H groups in total. The lowest BCUT2D eigenvalue weighted by molar-refractivity contribution is 0.192. The van der Waals surface area contributed by atoms with Crippen LogP contribution in [0, 0.1) is 0 Å². The van der Waals surface area contributed by atoms with E-state index < -0.39 is 0 Å². The third-order valence-electron chi connectivity index (χ3n) is 2.86. The lowest BCUT2D eigenvalue weighted by atomic mass is 10.1. The zero-order valence-corrected chi connectivity index (χ0v) is 10.8. The van der Waals surface area contributed by atoms with Crippen molar-refractivity contribution in [2.75, 3.05) is 31.6 Å². The molecule has 1 heterocycles. The summed E-state index contributed by atoms with van der Waals surface area (Å²) < 4.78 is 0. The molecule has 1 fully saturated rings. The molecule has 0 aromatic carbocycles. The lowest BCUT2D eigenvalue weighted by Gasteiger charge is -2.33. The van der Waals surface area contributed by atoms with Crippen molar-refractivity contribution in [3.8, 4) is 0 Å². The zero-order chi connectivity index (χ0) is 10.6. The normalized spacial score (nSPS) is 25.7. The van der Waals surface area contributed by atoms with Crippen molar-refractivity contribution in [2.45, 2.75) is 38.8 Å². The Hall–Kier alpha value is 0.270. The summed E-state index contributed by atoms with van der Waals surface area (Å²) in [6, 6.07) is 0.712. The van der Waals surface area contributed by atoms with E-state index in [1.807, 2.05) is 11.8 Å².